The van der Waals surface area contributed by atoms with Gasteiger partial charge in [0.1, 0.15) is 11.5 Å². The highest BCUT2D eigenvalue weighted by atomic mass is 35.5. The average molecular weight is 396 g/mol. The van der Waals surface area contributed by atoms with Crippen molar-refractivity contribution in [3.8, 4) is 11.5 Å². The Balaban J connectivity index is 2.01. The van der Waals surface area contributed by atoms with Gasteiger partial charge in [-0.25, -0.2) is 0 Å². The summed E-state index contributed by atoms with van der Waals surface area (Å²) < 4.78 is 10.7. The molecule has 1 unspecified atom stereocenters. The van der Waals surface area contributed by atoms with E-state index in [9.17, 15) is 4.79 Å². The lowest BCUT2D eigenvalue weighted by Gasteiger charge is -2.21. The van der Waals surface area contributed by atoms with Crippen LogP contribution in [0, 0.1) is 5.92 Å². The van der Waals surface area contributed by atoms with Crippen LogP contribution < -0.4 is 14.8 Å². The van der Waals surface area contributed by atoms with Gasteiger partial charge in [-0.1, -0.05) is 49.2 Å². The zero-order valence-corrected chi connectivity index (χ0v) is 16.6. The summed E-state index contributed by atoms with van der Waals surface area (Å²) in [6.45, 7) is 4.12. The first-order chi connectivity index (χ1) is 12.4. The Bertz CT molecular complexity index is 732. The summed E-state index contributed by atoms with van der Waals surface area (Å²) in [6, 6.07) is 12.5. The molecule has 26 heavy (non-hydrogen) atoms. The third kappa shape index (κ3) is 6.11. The van der Waals surface area contributed by atoms with Gasteiger partial charge in [-0.2, -0.15) is 0 Å². The molecule has 0 bridgehead atoms. The van der Waals surface area contributed by atoms with E-state index >= 15 is 0 Å². The first kappa shape index (κ1) is 20.4. The summed E-state index contributed by atoms with van der Waals surface area (Å²) in [5.41, 5.74) is 1.03. The van der Waals surface area contributed by atoms with Gasteiger partial charge in [-0.3, -0.25) is 4.79 Å². The van der Waals surface area contributed by atoms with Gasteiger partial charge in [-0.05, 0) is 48.2 Å². The number of methoxy groups -OCH3 is 1. The maximum atomic E-state index is 12.4. The van der Waals surface area contributed by atoms with E-state index in [1.807, 2.05) is 24.3 Å². The lowest BCUT2D eigenvalue weighted by atomic mass is 9.97. The van der Waals surface area contributed by atoms with Crippen molar-refractivity contribution in [1.82, 2.24) is 5.32 Å². The monoisotopic (exact) mass is 395 g/mol. The Morgan fingerprint density at radius 2 is 1.81 bits per heavy atom. The predicted octanol–water partition coefficient (Wildman–Crippen LogP) is 5.28. The molecule has 0 aliphatic carbocycles. The minimum atomic E-state index is -0.211. The van der Waals surface area contributed by atoms with Gasteiger partial charge in [0.05, 0.1) is 18.2 Å². The molecule has 0 saturated heterocycles. The SMILES string of the molecule is COc1ccc(C(CC(C)C)NC(=O)COc2ccc(Cl)cc2Cl)cc1. The molecule has 2 aromatic rings. The van der Waals surface area contributed by atoms with Crippen LogP contribution >= 0.6 is 23.2 Å². The fourth-order valence-corrected chi connectivity index (χ4v) is 3.02. The lowest BCUT2D eigenvalue weighted by Crippen LogP contribution is -2.33. The molecule has 0 aliphatic rings. The fraction of sp³-hybridized carbons (Fsp3) is 0.350. The van der Waals surface area contributed by atoms with Crippen LogP contribution in [-0.4, -0.2) is 19.6 Å². The van der Waals surface area contributed by atoms with Crippen molar-refractivity contribution in [3.63, 3.8) is 0 Å². The van der Waals surface area contributed by atoms with Gasteiger partial charge in [0.25, 0.3) is 5.91 Å². The van der Waals surface area contributed by atoms with Crippen molar-refractivity contribution in [2.45, 2.75) is 26.3 Å². The second-order valence-corrected chi connectivity index (χ2v) is 7.23. The smallest absolute Gasteiger partial charge is 0.258 e. The third-order valence-electron chi connectivity index (χ3n) is 3.81. The summed E-state index contributed by atoms with van der Waals surface area (Å²) in [5.74, 6) is 1.42. The second-order valence-electron chi connectivity index (χ2n) is 6.39. The van der Waals surface area contributed by atoms with Gasteiger partial charge in [0.15, 0.2) is 6.61 Å². The molecule has 0 saturated carbocycles. The summed E-state index contributed by atoms with van der Waals surface area (Å²) >= 11 is 11.9. The highest BCUT2D eigenvalue weighted by Gasteiger charge is 2.17. The van der Waals surface area contributed by atoms with Crippen LogP contribution in [0.25, 0.3) is 0 Å². The van der Waals surface area contributed by atoms with Gasteiger partial charge < -0.3 is 14.8 Å². The molecule has 0 radical (unpaired) electrons. The van der Waals surface area contributed by atoms with Crippen molar-refractivity contribution >= 4 is 29.1 Å². The Labute approximate surface area is 164 Å². The van der Waals surface area contributed by atoms with Crippen molar-refractivity contribution in [1.29, 1.82) is 0 Å². The molecule has 0 aliphatic heterocycles. The first-order valence-electron chi connectivity index (χ1n) is 8.40. The number of hydrogen-bond acceptors (Lipinski definition) is 3. The number of rotatable bonds is 8. The number of carbonyl (C=O) groups is 1. The Morgan fingerprint density at radius 1 is 1.12 bits per heavy atom. The maximum Gasteiger partial charge on any atom is 0.258 e. The molecule has 1 amide bonds. The molecule has 2 rings (SSSR count). The number of hydrogen-bond donors (Lipinski definition) is 1. The van der Waals surface area contributed by atoms with Crippen molar-refractivity contribution in [3.05, 3.63) is 58.1 Å². The van der Waals surface area contributed by atoms with Crippen LogP contribution in [0.4, 0.5) is 0 Å². The van der Waals surface area contributed by atoms with Gasteiger partial charge in [-0.15, -0.1) is 0 Å². The summed E-state index contributed by atoms with van der Waals surface area (Å²) in [4.78, 5) is 12.4. The average Bonchev–Trinajstić information content (AvgIpc) is 2.60. The van der Waals surface area contributed by atoms with E-state index in [-0.39, 0.29) is 18.6 Å². The Kier molecular flexibility index (Phi) is 7.61. The number of ether oxygens (including phenoxy) is 2. The topological polar surface area (TPSA) is 47.6 Å². The van der Waals surface area contributed by atoms with Crippen LogP contribution in [0.15, 0.2) is 42.5 Å². The zero-order chi connectivity index (χ0) is 19.1. The maximum absolute atomic E-state index is 12.4. The van der Waals surface area contributed by atoms with Crippen molar-refractivity contribution in [2.75, 3.05) is 13.7 Å². The van der Waals surface area contributed by atoms with E-state index in [1.54, 1.807) is 25.3 Å². The van der Waals surface area contributed by atoms with Crippen LogP contribution in [0.1, 0.15) is 31.9 Å². The molecule has 140 valence electrons. The number of nitrogens with one attached hydrogen (secondary N) is 1. The summed E-state index contributed by atoms with van der Waals surface area (Å²) in [6.07, 6.45) is 0.819. The van der Waals surface area contributed by atoms with E-state index in [2.05, 4.69) is 19.2 Å². The quantitative estimate of drug-likeness (QED) is 0.660. The zero-order valence-electron chi connectivity index (χ0n) is 15.1. The molecule has 0 heterocycles. The minimum absolute atomic E-state index is 0.0994. The van der Waals surface area contributed by atoms with E-state index in [0.717, 1.165) is 17.7 Å². The van der Waals surface area contributed by atoms with Gasteiger partial charge in [0.2, 0.25) is 0 Å². The lowest BCUT2D eigenvalue weighted by molar-refractivity contribution is -0.124. The third-order valence-corrected chi connectivity index (χ3v) is 4.34. The van der Waals surface area contributed by atoms with Crippen molar-refractivity contribution in [2.24, 2.45) is 5.92 Å². The van der Waals surface area contributed by atoms with Gasteiger partial charge >= 0.3 is 0 Å². The fourth-order valence-electron chi connectivity index (χ4n) is 2.56. The largest absolute Gasteiger partial charge is 0.497 e. The van der Waals surface area contributed by atoms with Crippen LogP contribution in [0.2, 0.25) is 10.0 Å². The molecule has 1 N–H and O–H groups in total. The number of amides is 1. The standard InChI is InChI=1S/C20H23Cl2NO3/c1-13(2)10-18(14-4-7-16(25-3)8-5-14)23-20(24)12-26-19-9-6-15(21)11-17(19)22/h4-9,11,13,18H,10,12H2,1-3H3,(H,23,24). The number of carbonyl (C=O) groups excluding carboxylic acids is 1. The highest BCUT2D eigenvalue weighted by Crippen LogP contribution is 2.28. The molecular weight excluding hydrogens is 373 g/mol. The number of halogens is 2. The van der Waals surface area contributed by atoms with Crippen LogP contribution in [0.5, 0.6) is 11.5 Å². The molecule has 6 heteroatoms. The van der Waals surface area contributed by atoms with Crippen molar-refractivity contribution < 1.29 is 14.3 Å². The molecule has 2 aromatic carbocycles. The van der Waals surface area contributed by atoms with E-state index in [1.165, 1.54) is 0 Å². The Morgan fingerprint density at radius 3 is 2.38 bits per heavy atom. The first-order valence-corrected chi connectivity index (χ1v) is 9.15. The highest BCUT2D eigenvalue weighted by molar-refractivity contribution is 6.35. The Hall–Kier alpha value is -1.91. The molecule has 0 spiro atoms. The van der Waals surface area contributed by atoms with Gasteiger partial charge in [0, 0.05) is 5.02 Å². The molecule has 0 fully saturated rings. The molecule has 0 aromatic heterocycles. The summed E-state index contributed by atoms with van der Waals surface area (Å²) in [7, 11) is 1.63. The van der Waals surface area contributed by atoms with Crippen LogP contribution in [0.3, 0.4) is 0 Å². The normalized spacial score (nSPS) is 11.9. The number of benzene rings is 2. The predicted molar refractivity (Wildman–Crippen MR) is 105 cm³/mol. The van der Waals surface area contributed by atoms with Crippen LogP contribution in [-0.2, 0) is 4.79 Å². The van der Waals surface area contributed by atoms with E-state index < -0.39 is 0 Å². The minimum Gasteiger partial charge on any atom is -0.497 e. The molecule has 1 atom stereocenters. The summed E-state index contributed by atoms with van der Waals surface area (Å²) in [5, 5.41) is 3.92. The molecule has 4 nitrogen and oxygen atoms in total. The van der Waals surface area contributed by atoms with E-state index in [0.29, 0.717) is 21.7 Å². The van der Waals surface area contributed by atoms with E-state index in [4.69, 9.17) is 32.7 Å². The molecular formula is C20H23Cl2NO3. The second kappa shape index (κ2) is 9.70.